The van der Waals surface area contributed by atoms with Gasteiger partial charge in [-0.1, -0.05) is 13.8 Å². The average molecular weight is 432 g/mol. The Bertz CT molecular complexity index is 686. The Morgan fingerprint density at radius 2 is 1.65 bits per heavy atom. The molecule has 0 radical (unpaired) electrons. The molecule has 0 amide bonds. The van der Waals surface area contributed by atoms with Gasteiger partial charge in [-0.05, 0) is 31.1 Å². The first-order valence-corrected chi connectivity index (χ1v) is 11.7. The lowest BCUT2D eigenvalue weighted by atomic mass is 9.92. The number of anilines is 1. The second kappa shape index (κ2) is 11.5. The summed E-state index contributed by atoms with van der Waals surface area (Å²) in [5.74, 6) is 4.18. The van der Waals surface area contributed by atoms with Gasteiger partial charge in [0, 0.05) is 76.2 Å². The van der Waals surface area contributed by atoms with Crippen molar-refractivity contribution in [3.8, 4) is 11.5 Å². The van der Waals surface area contributed by atoms with Crippen LogP contribution in [0.5, 0.6) is 11.5 Å². The third-order valence-corrected chi connectivity index (χ3v) is 6.43. The highest BCUT2D eigenvalue weighted by Gasteiger charge is 2.23. The van der Waals surface area contributed by atoms with Crippen LogP contribution >= 0.6 is 0 Å². The maximum atomic E-state index is 5.42. The number of piperidine rings is 2. The van der Waals surface area contributed by atoms with Crippen LogP contribution in [-0.4, -0.2) is 77.4 Å². The molecule has 1 aromatic rings. The third-order valence-electron chi connectivity index (χ3n) is 6.43. The van der Waals surface area contributed by atoms with Gasteiger partial charge in [-0.3, -0.25) is 4.99 Å². The zero-order valence-electron chi connectivity index (χ0n) is 20.0. The van der Waals surface area contributed by atoms with Crippen LogP contribution in [0.3, 0.4) is 0 Å². The van der Waals surface area contributed by atoms with Crippen molar-refractivity contribution < 1.29 is 9.47 Å². The minimum atomic E-state index is 0.435. The van der Waals surface area contributed by atoms with Crippen molar-refractivity contribution >= 4 is 11.6 Å². The molecule has 7 nitrogen and oxygen atoms in total. The zero-order valence-corrected chi connectivity index (χ0v) is 20.0. The van der Waals surface area contributed by atoms with Crippen LogP contribution < -0.4 is 25.0 Å². The minimum absolute atomic E-state index is 0.435. The number of benzene rings is 1. The minimum Gasteiger partial charge on any atom is -0.497 e. The Balaban J connectivity index is 1.43. The van der Waals surface area contributed by atoms with Crippen LogP contribution in [0.15, 0.2) is 23.2 Å². The highest BCUT2D eigenvalue weighted by Crippen LogP contribution is 2.30. The standard InChI is InChI=1S/C24H41N5O2/c1-18-12-19(2)17-28(16-18)11-8-26-24(25-3)27-20-6-9-29(10-7-20)21-13-22(30-4)15-23(14-21)31-5/h13-15,18-20H,6-12,16-17H2,1-5H3,(H2,25,26,27). The molecule has 2 fully saturated rings. The molecule has 2 heterocycles. The zero-order chi connectivity index (χ0) is 22.2. The van der Waals surface area contributed by atoms with Gasteiger partial charge >= 0.3 is 0 Å². The van der Waals surface area contributed by atoms with E-state index in [1.165, 1.54) is 19.5 Å². The van der Waals surface area contributed by atoms with Gasteiger partial charge in [-0.2, -0.15) is 0 Å². The number of hydrogen-bond acceptors (Lipinski definition) is 5. The van der Waals surface area contributed by atoms with Crippen molar-refractivity contribution in [3.63, 3.8) is 0 Å². The fourth-order valence-corrected chi connectivity index (χ4v) is 4.95. The van der Waals surface area contributed by atoms with Gasteiger partial charge in [0.1, 0.15) is 11.5 Å². The molecule has 0 spiro atoms. The van der Waals surface area contributed by atoms with Crippen LogP contribution in [0.4, 0.5) is 5.69 Å². The summed E-state index contributed by atoms with van der Waals surface area (Å²) in [6, 6.07) is 6.52. The number of nitrogens with zero attached hydrogens (tertiary/aromatic N) is 3. The summed E-state index contributed by atoms with van der Waals surface area (Å²) in [6.07, 6.45) is 3.50. The van der Waals surface area contributed by atoms with Gasteiger partial charge in [-0.15, -0.1) is 0 Å². The van der Waals surface area contributed by atoms with Crippen LogP contribution in [0.1, 0.15) is 33.1 Å². The summed E-state index contributed by atoms with van der Waals surface area (Å²) in [7, 11) is 5.25. The third kappa shape index (κ3) is 6.92. The highest BCUT2D eigenvalue weighted by molar-refractivity contribution is 5.80. The first-order chi connectivity index (χ1) is 15.0. The number of aliphatic imine (C=N–C) groups is 1. The van der Waals surface area contributed by atoms with Crippen molar-refractivity contribution in [2.75, 3.05) is 65.4 Å². The second-order valence-corrected chi connectivity index (χ2v) is 9.18. The molecule has 31 heavy (non-hydrogen) atoms. The smallest absolute Gasteiger partial charge is 0.191 e. The lowest BCUT2D eigenvalue weighted by Crippen LogP contribution is -2.50. The molecular weight excluding hydrogens is 390 g/mol. The highest BCUT2D eigenvalue weighted by atomic mass is 16.5. The molecule has 0 bridgehead atoms. The number of rotatable bonds is 7. The Kier molecular flexibility index (Phi) is 8.69. The largest absolute Gasteiger partial charge is 0.497 e. The van der Waals surface area contributed by atoms with Gasteiger partial charge < -0.3 is 29.9 Å². The van der Waals surface area contributed by atoms with Gasteiger partial charge in [-0.25, -0.2) is 0 Å². The molecule has 2 N–H and O–H groups in total. The summed E-state index contributed by atoms with van der Waals surface area (Å²) in [4.78, 5) is 9.43. The quantitative estimate of drug-likeness (QED) is 0.511. The molecule has 174 valence electrons. The van der Waals surface area contributed by atoms with Gasteiger partial charge in [0.2, 0.25) is 0 Å². The molecule has 2 atom stereocenters. The molecule has 2 aliphatic rings. The van der Waals surface area contributed by atoms with E-state index < -0.39 is 0 Å². The van der Waals surface area contributed by atoms with E-state index in [0.29, 0.717) is 6.04 Å². The number of methoxy groups -OCH3 is 2. The summed E-state index contributed by atoms with van der Waals surface area (Å²) in [5, 5.41) is 7.14. The van der Waals surface area contributed by atoms with Crippen molar-refractivity contribution in [1.82, 2.24) is 15.5 Å². The predicted octanol–water partition coefficient (Wildman–Crippen LogP) is 2.82. The lowest BCUT2D eigenvalue weighted by Gasteiger charge is -2.36. The number of nitrogens with one attached hydrogen (secondary N) is 2. The van der Waals surface area contributed by atoms with E-state index in [1.54, 1.807) is 14.2 Å². The maximum Gasteiger partial charge on any atom is 0.191 e. The van der Waals surface area contributed by atoms with E-state index in [0.717, 1.165) is 74.0 Å². The fourth-order valence-electron chi connectivity index (χ4n) is 4.95. The summed E-state index contributed by atoms with van der Waals surface area (Å²) < 4.78 is 10.8. The number of likely N-dealkylation sites (tertiary alicyclic amines) is 1. The van der Waals surface area contributed by atoms with E-state index in [4.69, 9.17) is 9.47 Å². The number of ether oxygens (including phenoxy) is 2. The molecule has 0 saturated carbocycles. The van der Waals surface area contributed by atoms with E-state index in [1.807, 2.05) is 13.1 Å². The van der Waals surface area contributed by atoms with Crippen LogP contribution in [0.25, 0.3) is 0 Å². The van der Waals surface area contributed by atoms with Gasteiger partial charge in [0.05, 0.1) is 14.2 Å². The van der Waals surface area contributed by atoms with E-state index >= 15 is 0 Å². The molecule has 2 unspecified atom stereocenters. The lowest BCUT2D eigenvalue weighted by molar-refractivity contribution is 0.143. The van der Waals surface area contributed by atoms with E-state index in [-0.39, 0.29) is 0 Å². The summed E-state index contributed by atoms with van der Waals surface area (Å²) >= 11 is 0. The first-order valence-electron chi connectivity index (χ1n) is 11.7. The average Bonchev–Trinajstić information content (AvgIpc) is 2.77. The van der Waals surface area contributed by atoms with Gasteiger partial charge in [0.25, 0.3) is 0 Å². The van der Waals surface area contributed by atoms with E-state index in [2.05, 4.69) is 51.4 Å². The van der Waals surface area contributed by atoms with Crippen molar-refractivity contribution in [3.05, 3.63) is 18.2 Å². The van der Waals surface area contributed by atoms with E-state index in [9.17, 15) is 0 Å². The molecular formula is C24H41N5O2. The topological polar surface area (TPSA) is 61.4 Å². The Morgan fingerprint density at radius 1 is 1.03 bits per heavy atom. The number of guanidine groups is 1. The maximum absolute atomic E-state index is 5.42. The normalized spacial score (nSPS) is 23.5. The molecule has 1 aromatic carbocycles. The molecule has 0 aromatic heterocycles. The Labute approximate surface area is 188 Å². The molecule has 3 rings (SSSR count). The molecule has 0 aliphatic carbocycles. The van der Waals surface area contributed by atoms with Crippen LogP contribution in [0, 0.1) is 11.8 Å². The van der Waals surface area contributed by atoms with Crippen molar-refractivity contribution in [2.24, 2.45) is 16.8 Å². The van der Waals surface area contributed by atoms with Crippen molar-refractivity contribution in [1.29, 1.82) is 0 Å². The summed E-state index contributed by atoms with van der Waals surface area (Å²) in [6.45, 7) is 11.2. The Hall–Kier alpha value is -2.15. The monoisotopic (exact) mass is 431 g/mol. The fraction of sp³-hybridized carbons (Fsp3) is 0.708. The van der Waals surface area contributed by atoms with Crippen molar-refractivity contribution in [2.45, 2.75) is 39.2 Å². The second-order valence-electron chi connectivity index (χ2n) is 9.18. The summed E-state index contributed by atoms with van der Waals surface area (Å²) in [5.41, 5.74) is 1.15. The Morgan fingerprint density at radius 3 is 2.19 bits per heavy atom. The molecule has 2 aliphatic heterocycles. The molecule has 2 saturated heterocycles. The predicted molar refractivity (Wildman–Crippen MR) is 129 cm³/mol. The SMILES string of the molecule is CN=C(NCCN1CC(C)CC(C)C1)NC1CCN(c2cc(OC)cc(OC)c2)CC1. The number of hydrogen-bond donors (Lipinski definition) is 2. The van der Waals surface area contributed by atoms with Crippen LogP contribution in [0.2, 0.25) is 0 Å². The van der Waals surface area contributed by atoms with Crippen LogP contribution in [-0.2, 0) is 0 Å². The van der Waals surface area contributed by atoms with Gasteiger partial charge in [0.15, 0.2) is 5.96 Å². The molecule has 7 heteroatoms. The first kappa shape index (κ1) is 23.5.